The van der Waals surface area contributed by atoms with Gasteiger partial charge in [-0.25, -0.2) is 9.55 Å². The van der Waals surface area contributed by atoms with Crippen LogP contribution in [0.25, 0.3) is 22.6 Å². The molecule has 1 aliphatic rings. The van der Waals surface area contributed by atoms with Gasteiger partial charge < -0.3 is 9.47 Å². The number of thioether (sulfide) groups is 1. The summed E-state index contributed by atoms with van der Waals surface area (Å²) in [5.74, 6) is 3.52. The third-order valence-corrected chi connectivity index (χ3v) is 6.10. The van der Waals surface area contributed by atoms with Crippen molar-refractivity contribution in [3.8, 4) is 17.4 Å². The second-order valence-electron chi connectivity index (χ2n) is 7.50. The molecule has 11 nitrogen and oxygen atoms in total. The number of nitrogens with one attached hydrogen (secondary N) is 1. The first-order chi connectivity index (χ1) is 16.2. The van der Waals surface area contributed by atoms with Crippen LogP contribution in [0.15, 0.2) is 46.6 Å². The Morgan fingerprint density at radius 3 is 2.88 bits per heavy atom. The van der Waals surface area contributed by atoms with Crippen molar-refractivity contribution < 1.29 is 9.47 Å². The maximum absolute atomic E-state index is 13.0. The highest BCUT2D eigenvalue weighted by atomic mass is 32.2. The Morgan fingerprint density at radius 2 is 2.03 bits per heavy atom. The van der Waals surface area contributed by atoms with Crippen LogP contribution in [0.3, 0.4) is 0 Å². The Morgan fingerprint density at radius 1 is 1.15 bits per heavy atom. The number of benzene rings is 1. The van der Waals surface area contributed by atoms with Crippen LogP contribution in [-0.2, 0) is 5.75 Å². The van der Waals surface area contributed by atoms with E-state index in [2.05, 4.69) is 30.2 Å². The van der Waals surface area contributed by atoms with E-state index >= 15 is 0 Å². The Bertz CT molecular complexity index is 1560. The van der Waals surface area contributed by atoms with Crippen LogP contribution in [0.4, 0.5) is 0 Å². The van der Waals surface area contributed by atoms with E-state index in [4.69, 9.17) is 9.47 Å². The van der Waals surface area contributed by atoms with Gasteiger partial charge in [-0.05, 0) is 30.7 Å². The Kier molecular flexibility index (Phi) is 4.72. The fourth-order valence-electron chi connectivity index (χ4n) is 3.60. The Hall–Kier alpha value is -3.93. The van der Waals surface area contributed by atoms with Crippen LogP contribution >= 0.6 is 11.8 Å². The molecule has 6 rings (SSSR count). The van der Waals surface area contributed by atoms with Gasteiger partial charge in [-0.1, -0.05) is 17.8 Å². The molecule has 0 radical (unpaired) electrons. The van der Waals surface area contributed by atoms with Gasteiger partial charge in [-0.2, -0.15) is 14.5 Å². The van der Waals surface area contributed by atoms with Crippen LogP contribution in [-0.4, -0.2) is 52.5 Å². The van der Waals surface area contributed by atoms with Crippen LogP contribution in [0.1, 0.15) is 17.8 Å². The van der Waals surface area contributed by atoms with Crippen LogP contribution in [0.2, 0.25) is 0 Å². The van der Waals surface area contributed by atoms with Gasteiger partial charge in [0.1, 0.15) is 5.82 Å². The van der Waals surface area contributed by atoms with Crippen molar-refractivity contribution >= 4 is 28.4 Å². The number of hydrogen-bond acceptors (Lipinski definition) is 9. The summed E-state index contributed by atoms with van der Waals surface area (Å²) in [6.45, 7) is 3.08. The second kappa shape index (κ2) is 7.89. The van der Waals surface area contributed by atoms with Gasteiger partial charge in [-0.15, -0.1) is 10.2 Å². The minimum Gasteiger partial charge on any atom is -0.490 e. The molecule has 0 amide bonds. The van der Waals surface area contributed by atoms with Crippen molar-refractivity contribution in [3.63, 3.8) is 0 Å². The highest BCUT2D eigenvalue weighted by Gasteiger charge is 2.15. The topological polar surface area (TPSA) is 125 Å². The summed E-state index contributed by atoms with van der Waals surface area (Å²) in [5, 5.41) is 12.3. The van der Waals surface area contributed by atoms with Crippen LogP contribution < -0.4 is 15.0 Å². The molecule has 4 aromatic heterocycles. The van der Waals surface area contributed by atoms with Gasteiger partial charge in [0, 0.05) is 24.6 Å². The first kappa shape index (κ1) is 19.7. The van der Waals surface area contributed by atoms with E-state index in [9.17, 15) is 4.79 Å². The number of ether oxygens (including phenoxy) is 2. The average Bonchev–Trinajstić information content (AvgIpc) is 3.37. The maximum atomic E-state index is 13.0. The third-order valence-electron chi connectivity index (χ3n) is 5.20. The van der Waals surface area contributed by atoms with Gasteiger partial charge in [0.25, 0.3) is 17.3 Å². The van der Waals surface area contributed by atoms with Crippen molar-refractivity contribution in [1.29, 1.82) is 0 Å². The highest BCUT2D eigenvalue weighted by Crippen LogP contribution is 2.32. The summed E-state index contributed by atoms with van der Waals surface area (Å²) < 4.78 is 14.4. The fourth-order valence-corrected chi connectivity index (χ4v) is 4.36. The van der Waals surface area contributed by atoms with E-state index in [1.54, 1.807) is 23.7 Å². The van der Waals surface area contributed by atoms with Crippen molar-refractivity contribution in [3.05, 3.63) is 58.4 Å². The Labute approximate surface area is 190 Å². The number of pyridine rings is 1. The number of fused-ring (bicyclic) bond motifs is 4. The minimum atomic E-state index is -0.280. The van der Waals surface area contributed by atoms with E-state index in [-0.39, 0.29) is 11.5 Å². The van der Waals surface area contributed by atoms with Crippen LogP contribution in [0.5, 0.6) is 11.5 Å². The number of H-pyrrole nitrogens is 1. The molecule has 0 aliphatic carbocycles. The highest BCUT2D eigenvalue weighted by molar-refractivity contribution is 7.98. The number of nitrogens with zero attached hydrogens (tertiary/aromatic N) is 7. The summed E-state index contributed by atoms with van der Waals surface area (Å²) in [6.07, 6.45) is 4.00. The number of aromatic nitrogens is 8. The monoisotopic (exact) mass is 462 g/mol. The predicted octanol–water partition coefficient (Wildman–Crippen LogP) is 2.31. The van der Waals surface area contributed by atoms with E-state index in [0.29, 0.717) is 46.6 Å². The van der Waals surface area contributed by atoms with Gasteiger partial charge in [0.05, 0.1) is 24.1 Å². The standard InChI is InChI=1S/C21H18N8O3S/c1-12-23-20(26-25-12)28-6-5-15-14(18(28)30)10-22-19-24-21(27-29(15)19)33-11-13-3-4-16-17(9-13)32-8-2-7-31-16/h3-6,9-10H,2,7-8,11H2,1H3,(H,23,25,26). The molecule has 1 N–H and O–H groups in total. The molecule has 5 heterocycles. The predicted molar refractivity (Wildman–Crippen MR) is 120 cm³/mol. The molecule has 1 aliphatic heterocycles. The summed E-state index contributed by atoms with van der Waals surface area (Å²) >= 11 is 1.48. The zero-order valence-corrected chi connectivity index (χ0v) is 18.4. The molecule has 0 spiro atoms. The molecule has 0 atom stereocenters. The lowest BCUT2D eigenvalue weighted by Crippen LogP contribution is -2.20. The molecule has 0 bridgehead atoms. The van der Waals surface area contributed by atoms with E-state index in [1.807, 2.05) is 18.2 Å². The van der Waals surface area contributed by atoms with Crippen molar-refractivity contribution in [2.24, 2.45) is 0 Å². The van der Waals surface area contributed by atoms with Crippen molar-refractivity contribution in [2.75, 3.05) is 13.2 Å². The molecule has 0 fully saturated rings. The quantitative estimate of drug-likeness (QED) is 0.401. The fraction of sp³-hybridized carbons (Fsp3) is 0.238. The van der Waals surface area contributed by atoms with Gasteiger partial charge in [0.2, 0.25) is 5.16 Å². The normalized spacial score (nSPS) is 13.5. The van der Waals surface area contributed by atoms with Gasteiger partial charge >= 0.3 is 0 Å². The second-order valence-corrected chi connectivity index (χ2v) is 8.44. The molecule has 5 aromatic rings. The first-order valence-corrected chi connectivity index (χ1v) is 11.3. The SMILES string of the molecule is Cc1nc(-n2ccc3c(cnc4nc(SCc5ccc6c(c5)OCCCO6)nn43)c2=O)n[nH]1. The van der Waals surface area contributed by atoms with Crippen molar-refractivity contribution in [1.82, 2.24) is 39.3 Å². The first-order valence-electron chi connectivity index (χ1n) is 10.3. The Balaban J connectivity index is 1.30. The van der Waals surface area contributed by atoms with Crippen LogP contribution in [0, 0.1) is 6.92 Å². The van der Waals surface area contributed by atoms with Gasteiger partial charge in [-0.3, -0.25) is 9.89 Å². The number of aromatic amines is 1. The number of hydrogen-bond donors (Lipinski definition) is 1. The molecule has 166 valence electrons. The van der Waals surface area contributed by atoms with Gasteiger partial charge in [0.15, 0.2) is 11.5 Å². The molecule has 0 unspecified atom stereocenters. The molecular weight excluding hydrogens is 444 g/mol. The number of aryl methyl sites for hydroxylation is 1. The molecule has 0 saturated heterocycles. The average molecular weight is 462 g/mol. The maximum Gasteiger partial charge on any atom is 0.268 e. The lowest BCUT2D eigenvalue weighted by atomic mass is 10.2. The number of rotatable bonds is 4. The van der Waals surface area contributed by atoms with E-state index in [1.165, 1.54) is 22.5 Å². The minimum absolute atomic E-state index is 0.280. The summed E-state index contributed by atoms with van der Waals surface area (Å²) in [4.78, 5) is 26.0. The molecule has 33 heavy (non-hydrogen) atoms. The van der Waals surface area contributed by atoms with E-state index < -0.39 is 0 Å². The lowest BCUT2D eigenvalue weighted by molar-refractivity contribution is 0.297. The van der Waals surface area contributed by atoms with Crippen molar-refractivity contribution in [2.45, 2.75) is 24.3 Å². The smallest absolute Gasteiger partial charge is 0.268 e. The zero-order valence-electron chi connectivity index (χ0n) is 17.6. The molecular formula is C21H18N8O3S. The van der Waals surface area contributed by atoms with E-state index in [0.717, 1.165) is 23.5 Å². The zero-order chi connectivity index (χ0) is 22.4. The largest absolute Gasteiger partial charge is 0.490 e. The summed E-state index contributed by atoms with van der Waals surface area (Å²) in [7, 11) is 0. The summed E-state index contributed by atoms with van der Waals surface area (Å²) in [6, 6.07) is 7.72. The molecule has 1 aromatic carbocycles. The third kappa shape index (κ3) is 3.57. The molecule has 0 saturated carbocycles. The molecule has 12 heteroatoms. The summed E-state index contributed by atoms with van der Waals surface area (Å²) in [5.41, 5.74) is 1.41. The lowest BCUT2D eigenvalue weighted by Gasteiger charge is -2.08.